The van der Waals surface area contributed by atoms with Crippen molar-refractivity contribution in [2.24, 2.45) is 7.05 Å². The molecule has 3 N–H and O–H groups in total. The number of nitrogens with zero attached hydrogens (tertiary/aromatic N) is 2. The number of aryl methyl sites for hydroxylation is 2. The third-order valence-electron chi connectivity index (χ3n) is 3.10. The van der Waals surface area contributed by atoms with Crippen molar-refractivity contribution in [3.63, 3.8) is 0 Å². The minimum atomic E-state index is -0.607. The average Bonchev–Trinajstić information content (AvgIpc) is 2.72. The molecule has 0 aliphatic heterocycles. The third kappa shape index (κ3) is 3.42. The van der Waals surface area contributed by atoms with Gasteiger partial charge >= 0.3 is 5.97 Å². The van der Waals surface area contributed by atoms with Gasteiger partial charge in [0, 0.05) is 18.7 Å². The van der Waals surface area contributed by atoms with Gasteiger partial charge in [-0.15, -0.1) is 0 Å². The Hall–Kier alpha value is -3.03. The lowest BCUT2D eigenvalue weighted by Gasteiger charge is -2.09. The maximum absolute atomic E-state index is 12.3. The normalized spacial score (nSPS) is 10.4. The van der Waals surface area contributed by atoms with Crippen LogP contribution in [-0.2, 0) is 11.8 Å². The first-order valence-corrected chi connectivity index (χ1v) is 6.88. The number of esters is 1. The molecule has 1 aromatic heterocycles. The number of aromatic nitrogens is 2. The van der Waals surface area contributed by atoms with Crippen LogP contribution in [0.2, 0.25) is 0 Å². The van der Waals surface area contributed by atoms with Crippen LogP contribution in [-0.4, -0.2) is 38.5 Å². The van der Waals surface area contributed by atoms with Gasteiger partial charge in [0.25, 0.3) is 5.91 Å². The summed E-state index contributed by atoms with van der Waals surface area (Å²) in [7, 11) is 1.57. The maximum Gasteiger partial charge on any atom is 0.343 e. The zero-order chi connectivity index (χ0) is 17.1. The lowest BCUT2D eigenvalue weighted by Crippen LogP contribution is -2.17. The van der Waals surface area contributed by atoms with E-state index in [1.165, 1.54) is 16.8 Å². The number of ether oxygens (including phenoxy) is 1. The number of rotatable bonds is 4. The van der Waals surface area contributed by atoms with Gasteiger partial charge in [0.1, 0.15) is 22.9 Å². The highest BCUT2D eigenvalue weighted by molar-refractivity contribution is 6.08. The summed E-state index contributed by atoms with van der Waals surface area (Å²) in [4.78, 5) is 24.3. The summed E-state index contributed by atoms with van der Waals surface area (Å²) in [5.74, 6) is -1.52. The number of nitrogens with one attached hydrogen (secondary N) is 1. The first-order valence-electron chi connectivity index (χ1n) is 6.88. The van der Waals surface area contributed by atoms with E-state index < -0.39 is 11.9 Å². The highest BCUT2D eigenvalue weighted by Crippen LogP contribution is 2.24. The zero-order valence-corrected chi connectivity index (χ0v) is 13.0. The Balaban J connectivity index is 2.36. The minimum absolute atomic E-state index is 0.0381. The fourth-order valence-corrected chi connectivity index (χ4v) is 2.16. The summed E-state index contributed by atoms with van der Waals surface area (Å²) in [5, 5.41) is 25.5. The summed E-state index contributed by atoms with van der Waals surface area (Å²) >= 11 is 0. The number of hydrogen-bond acceptors (Lipinski definition) is 6. The molecule has 0 aliphatic carbocycles. The minimum Gasteiger partial charge on any atom is -0.508 e. The Kier molecular flexibility index (Phi) is 4.54. The molecule has 8 heteroatoms. The number of carbonyl (C=O) groups excluding carboxylic acids is 2. The molecule has 2 rings (SSSR count). The fraction of sp³-hybridized carbons (Fsp3) is 0.267. The number of carbonyl (C=O) groups is 2. The van der Waals surface area contributed by atoms with Crippen LogP contribution >= 0.6 is 0 Å². The Morgan fingerprint density at radius 3 is 2.43 bits per heavy atom. The molecule has 0 saturated heterocycles. The van der Waals surface area contributed by atoms with Crippen molar-refractivity contribution in [1.29, 1.82) is 0 Å². The maximum atomic E-state index is 12.3. The molecule has 8 nitrogen and oxygen atoms in total. The van der Waals surface area contributed by atoms with Gasteiger partial charge in [-0.05, 0) is 26.0 Å². The molecule has 0 radical (unpaired) electrons. The van der Waals surface area contributed by atoms with E-state index in [-0.39, 0.29) is 35.1 Å². The molecule has 23 heavy (non-hydrogen) atoms. The molecule has 122 valence electrons. The Labute approximate surface area is 132 Å². The molecule has 1 aromatic carbocycles. The number of hydrogen-bond donors (Lipinski definition) is 3. The van der Waals surface area contributed by atoms with E-state index in [4.69, 9.17) is 4.74 Å². The Morgan fingerprint density at radius 1 is 1.26 bits per heavy atom. The Morgan fingerprint density at radius 2 is 1.87 bits per heavy atom. The van der Waals surface area contributed by atoms with Gasteiger partial charge in [-0.2, -0.15) is 5.10 Å². The summed E-state index contributed by atoms with van der Waals surface area (Å²) in [5.41, 5.74) is 0.614. The highest BCUT2D eigenvalue weighted by Gasteiger charge is 2.23. The van der Waals surface area contributed by atoms with Crippen molar-refractivity contribution in [3.8, 4) is 11.5 Å². The lowest BCUT2D eigenvalue weighted by molar-refractivity contribution is 0.0526. The van der Waals surface area contributed by atoms with Crippen LogP contribution in [0.15, 0.2) is 18.2 Å². The van der Waals surface area contributed by atoms with E-state index in [0.29, 0.717) is 5.69 Å². The van der Waals surface area contributed by atoms with Crippen LogP contribution < -0.4 is 5.32 Å². The first kappa shape index (κ1) is 16.3. The molecule has 0 bridgehead atoms. The second-order valence-corrected chi connectivity index (χ2v) is 4.85. The predicted molar refractivity (Wildman–Crippen MR) is 81.6 cm³/mol. The van der Waals surface area contributed by atoms with Crippen molar-refractivity contribution in [2.45, 2.75) is 13.8 Å². The molecule has 0 aliphatic rings. The van der Waals surface area contributed by atoms with E-state index >= 15 is 0 Å². The van der Waals surface area contributed by atoms with Crippen molar-refractivity contribution >= 4 is 17.7 Å². The number of benzene rings is 1. The number of amides is 1. The number of phenols is 2. The topological polar surface area (TPSA) is 114 Å². The standard InChI is InChI=1S/C15H17N3O5/c1-4-23-15(22)12-8(2)17-18(3)13(12)16-14(21)9-5-10(19)7-11(20)6-9/h5-7,19-20H,4H2,1-3H3,(H,16,21). The molecule has 1 heterocycles. The molecule has 1 amide bonds. The summed E-state index contributed by atoms with van der Waals surface area (Å²) in [6.45, 7) is 3.50. The SMILES string of the molecule is CCOC(=O)c1c(C)nn(C)c1NC(=O)c1cc(O)cc(O)c1. The largest absolute Gasteiger partial charge is 0.508 e. The number of anilines is 1. The third-order valence-corrected chi connectivity index (χ3v) is 3.10. The predicted octanol–water partition coefficient (Wildman–Crippen LogP) is 1.57. The van der Waals surface area contributed by atoms with Crippen molar-refractivity contribution in [2.75, 3.05) is 11.9 Å². The molecule has 0 unspecified atom stereocenters. The van der Waals surface area contributed by atoms with Gasteiger partial charge in [0.2, 0.25) is 0 Å². The van der Waals surface area contributed by atoms with E-state index in [2.05, 4.69) is 10.4 Å². The van der Waals surface area contributed by atoms with Crippen LogP contribution in [0.1, 0.15) is 33.3 Å². The van der Waals surface area contributed by atoms with Crippen LogP contribution in [0.3, 0.4) is 0 Å². The first-order chi connectivity index (χ1) is 10.8. The average molecular weight is 319 g/mol. The van der Waals surface area contributed by atoms with Gasteiger partial charge in [0.15, 0.2) is 0 Å². The van der Waals surface area contributed by atoms with E-state index in [1.54, 1.807) is 20.9 Å². The van der Waals surface area contributed by atoms with Crippen LogP contribution in [0.5, 0.6) is 11.5 Å². The van der Waals surface area contributed by atoms with Gasteiger partial charge in [-0.25, -0.2) is 4.79 Å². The second kappa shape index (κ2) is 6.39. The van der Waals surface area contributed by atoms with E-state index in [1.807, 2.05) is 0 Å². The number of aromatic hydroxyl groups is 2. The van der Waals surface area contributed by atoms with Crippen LogP contribution in [0, 0.1) is 6.92 Å². The molecule has 0 atom stereocenters. The van der Waals surface area contributed by atoms with Crippen LogP contribution in [0.4, 0.5) is 5.82 Å². The molecule has 0 spiro atoms. The monoisotopic (exact) mass is 319 g/mol. The summed E-state index contributed by atoms with van der Waals surface area (Å²) in [6, 6.07) is 3.50. The molecular formula is C15H17N3O5. The van der Waals surface area contributed by atoms with Crippen LogP contribution in [0.25, 0.3) is 0 Å². The highest BCUT2D eigenvalue weighted by atomic mass is 16.5. The van der Waals surface area contributed by atoms with E-state index in [0.717, 1.165) is 6.07 Å². The van der Waals surface area contributed by atoms with Gasteiger partial charge in [-0.1, -0.05) is 0 Å². The molecule has 2 aromatic rings. The molecule has 0 fully saturated rings. The molecule has 0 saturated carbocycles. The summed E-state index contributed by atoms with van der Waals surface area (Å²) < 4.78 is 6.31. The van der Waals surface area contributed by atoms with Crippen molar-refractivity contribution in [3.05, 3.63) is 35.0 Å². The zero-order valence-electron chi connectivity index (χ0n) is 13.0. The summed E-state index contributed by atoms with van der Waals surface area (Å²) in [6.07, 6.45) is 0. The molecular weight excluding hydrogens is 302 g/mol. The Bertz CT molecular complexity index is 746. The van der Waals surface area contributed by atoms with Gasteiger partial charge in [-0.3, -0.25) is 9.48 Å². The second-order valence-electron chi connectivity index (χ2n) is 4.85. The van der Waals surface area contributed by atoms with Crippen molar-refractivity contribution in [1.82, 2.24) is 9.78 Å². The van der Waals surface area contributed by atoms with E-state index in [9.17, 15) is 19.8 Å². The van der Waals surface area contributed by atoms with Gasteiger partial charge < -0.3 is 20.3 Å². The van der Waals surface area contributed by atoms with Crippen molar-refractivity contribution < 1.29 is 24.5 Å². The van der Waals surface area contributed by atoms with Gasteiger partial charge in [0.05, 0.1) is 12.3 Å². The smallest absolute Gasteiger partial charge is 0.343 e. The quantitative estimate of drug-likeness (QED) is 0.737. The lowest BCUT2D eigenvalue weighted by atomic mass is 10.1. The fourth-order valence-electron chi connectivity index (χ4n) is 2.16. The number of phenolic OH excluding ortho intramolecular Hbond substituents is 2.